The smallest absolute Gasteiger partial charge is 0.226 e. The Bertz CT molecular complexity index is 519. The Morgan fingerprint density at radius 3 is 2.52 bits per heavy atom. The number of anilines is 1. The average molecular weight is 288 g/mol. The van der Waals surface area contributed by atoms with Crippen molar-refractivity contribution in [2.75, 3.05) is 12.4 Å². The molecule has 0 heterocycles. The van der Waals surface area contributed by atoms with Crippen molar-refractivity contribution in [2.24, 2.45) is 0 Å². The summed E-state index contributed by atoms with van der Waals surface area (Å²) in [6.07, 6.45) is 6.18. The lowest BCUT2D eigenvalue weighted by molar-refractivity contribution is -0.117. The molecule has 1 aromatic rings. The quantitative estimate of drug-likeness (QED) is 0.818. The number of carbonyl (C=O) groups is 2. The molecule has 0 aliphatic heterocycles. The molecular weight excluding hydrogens is 264 g/mol. The molecule has 114 valence electrons. The van der Waals surface area contributed by atoms with Crippen molar-refractivity contribution in [3.05, 3.63) is 29.8 Å². The number of benzene rings is 1. The van der Waals surface area contributed by atoms with E-state index in [-0.39, 0.29) is 17.2 Å². The molecule has 0 radical (unpaired) electrons. The van der Waals surface area contributed by atoms with Gasteiger partial charge in [-0.05, 0) is 38.9 Å². The molecule has 1 fully saturated rings. The molecule has 0 aromatic heterocycles. The summed E-state index contributed by atoms with van der Waals surface area (Å²) in [6, 6.07) is 7.10. The van der Waals surface area contributed by atoms with Crippen LogP contribution in [0.1, 0.15) is 55.8 Å². The SMILES string of the molecule is CNC1(CC(=O)Nc2cccc(C(C)=O)c2)CCCCC1. The molecule has 4 heteroatoms. The molecule has 21 heavy (non-hydrogen) atoms. The first-order chi connectivity index (χ1) is 10.0. The molecule has 4 nitrogen and oxygen atoms in total. The van der Waals surface area contributed by atoms with Crippen molar-refractivity contribution in [2.45, 2.75) is 51.0 Å². The topological polar surface area (TPSA) is 58.2 Å². The molecular formula is C17H24N2O2. The van der Waals surface area contributed by atoms with Crippen molar-refractivity contribution >= 4 is 17.4 Å². The van der Waals surface area contributed by atoms with Crippen LogP contribution in [0.3, 0.4) is 0 Å². The maximum Gasteiger partial charge on any atom is 0.226 e. The Balaban J connectivity index is 2.00. The van der Waals surface area contributed by atoms with E-state index in [1.807, 2.05) is 13.1 Å². The number of hydrogen-bond donors (Lipinski definition) is 2. The van der Waals surface area contributed by atoms with E-state index in [0.717, 1.165) is 12.8 Å². The van der Waals surface area contributed by atoms with Crippen LogP contribution in [0.2, 0.25) is 0 Å². The second-order valence-electron chi connectivity index (χ2n) is 5.95. The molecule has 0 unspecified atom stereocenters. The molecule has 0 bridgehead atoms. The van der Waals surface area contributed by atoms with Gasteiger partial charge in [-0.1, -0.05) is 31.4 Å². The highest BCUT2D eigenvalue weighted by atomic mass is 16.1. The van der Waals surface area contributed by atoms with Crippen molar-refractivity contribution in [1.29, 1.82) is 0 Å². The molecule has 1 aliphatic rings. The number of Topliss-reactive ketones (excluding diaryl/α,β-unsaturated/α-hetero) is 1. The highest BCUT2D eigenvalue weighted by Crippen LogP contribution is 2.31. The average Bonchev–Trinajstić information content (AvgIpc) is 2.48. The zero-order valence-electron chi connectivity index (χ0n) is 12.9. The summed E-state index contributed by atoms with van der Waals surface area (Å²) >= 11 is 0. The number of hydrogen-bond acceptors (Lipinski definition) is 3. The number of nitrogens with one attached hydrogen (secondary N) is 2. The minimum absolute atomic E-state index is 0.00470. The first-order valence-electron chi connectivity index (χ1n) is 7.64. The third-order valence-electron chi connectivity index (χ3n) is 4.39. The number of ketones is 1. The molecule has 0 atom stereocenters. The second kappa shape index (κ2) is 6.85. The first kappa shape index (κ1) is 15.7. The van der Waals surface area contributed by atoms with Gasteiger partial charge in [0, 0.05) is 23.2 Å². The minimum Gasteiger partial charge on any atom is -0.326 e. The third-order valence-corrected chi connectivity index (χ3v) is 4.39. The molecule has 1 aromatic carbocycles. The molecule has 2 N–H and O–H groups in total. The molecule has 0 spiro atoms. The van der Waals surface area contributed by atoms with E-state index in [2.05, 4.69) is 10.6 Å². The zero-order chi connectivity index (χ0) is 15.3. The molecule has 1 saturated carbocycles. The highest BCUT2D eigenvalue weighted by molar-refractivity contribution is 5.97. The van der Waals surface area contributed by atoms with Crippen LogP contribution in [0.25, 0.3) is 0 Å². The van der Waals surface area contributed by atoms with Gasteiger partial charge >= 0.3 is 0 Å². The van der Waals surface area contributed by atoms with Gasteiger partial charge < -0.3 is 10.6 Å². The van der Waals surface area contributed by atoms with E-state index in [1.54, 1.807) is 18.2 Å². The second-order valence-corrected chi connectivity index (χ2v) is 5.95. The number of rotatable bonds is 5. The Kier molecular flexibility index (Phi) is 5.12. The van der Waals surface area contributed by atoms with Gasteiger partial charge in [-0.3, -0.25) is 9.59 Å². The lowest BCUT2D eigenvalue weighted by Gasteiger charge is -2.36. The Morgan fingerprint density at radius 1 is 1.19 bits per heavy atom. The van der Waals surface area contributed by atoms with Crippen LogP contribution in [0.4, 0.5) is 5.69 Å². The van der Waals surface area contributed by atoms with Crippen LogP contribution in [-0.4, -0.2) is 24.3 Å². The molecule has 1 amide bonds. The Hall–Kier alpha value is -1.68. The van der Waals surface area contributed by atoms with E-state index in [0.29, 0.717) is 17.7 Å². The lowest BCUT2D eigenvalue weighted by Crippen LogP contribution is -2.47. The van der Waals surface area contributed by atoms with Crippen LogP contribution in [0, 0.1) is 0 Å². The fourth-order valence-electron chi connectivity index (χ4n) is 3.07. The first-order valence-corrected chi connectivity index (χ1v) is 7.64. The van der Waals surface area contributed by atoms with Crippen LogP contribution in [-0.2, 0) is 4.79 Å². The van der Waals surface area contributed by atoms with Crippen LogP contribution in [0.5, 0.6) is 0 Å². The fraction of sp³-hybridized carbons (Fsp3) is 0.529. The van der Waals surface area contributed by atoms with E-state index >= 15 is 0 Å². The van der Waals surface area contributed by atoms with Gasteiger partial charge in [0.05, 0.1) is 0 Å². The number of amides is 1. The van der Waals surface area contributed by atoms with Gasteiger partial charge in [0.2, 0.25) is 5.91 Å². The van der Waals surface area contributed by atoms with E-state index < -0.39 is 0 Å². The normalized spacial score (nSPS) is 17.2. The van der Waals surface area contributed by atoms with Crippen molar-refractivity contribution in [3.8, 4) is 0 Å². The number of carbonyl (C=O) groups excluding carboxylic acids is 2. The highest BCUT2D eigenvalue weighted by Gasteiger charge is 2.32. The summed E-state index contributed by atoms with van der Waals surface area (Å²) in [6.45, 7) is 1.53. The summed E-state index contributed by atoms with van der Waals surface area (Å²) < 4.78 is 0. The van der Waals surface area contributed by atoms with Gasteiger partial charge in [-0.15, -0.1) is 0 Å². The monoisotopic (exact) mass is 288 g/mol. The van der Waals surface area contributed by atoms with Gasteiger partial charge in [-0.2, -0.15) is 0 Å². The van der Waals surface area contributed by atoms with Gasteiger partial charge in [0.25, 0.3) is 0 Å². The van der Waals surface area contributed by atoms with Crippen LogP contribution in [0.15, 0.2) is 24.3 Å². The summed E-state index contributed by atoms with van der Waals surface area (Å²) in [5.41, 5.74) is 1.24. The predicted molar refractivity (Wildman–Crippen MR) is 84.6 cm³/mol. The van der Waals surface area contributed by atoms with Crippen LogP contribution < -0.4 is 10.6 Å². The largest absolute Gasteiger partial charge is 0.326 e. The Morgan fingerprint density at radius 2 is 1.90 bits per heavy atom. The summed E-state index contributed by atoms with van der Waals surface area (Å²) in [5, 5.41) is 6.26. The Labute approximate surface area is 126 Å². The van der Waals surface area contributed by atoms with Crippen molar-refractivity contribution < 1.29 is 9.59 Å². The predicted octanol–water partition coefficient (Wildman–Crippen LogP) is 3.14. The van der Waals surface area contributed by atoms with Gasteiger partial charge in [0.1, 0.15) is 0 Å². The fourth-order valence-corrected chi connectivity index (χ4v) is 3.07. The molecule has 0 saturated heterocycles. The zero-order valence-corrected chi connectivity index (χ0v) is 12.9. The summed E-state index contributed by atoms with van der Waals surface area (Å²) in [4.78, 5) is 23.7. The maximum absolute atomic E-state index is 12.3. The molecule has 2 rings (SSSR count). The van der Waals surface area contributed by atoms with Crippen molar-refractivity contribution in [1.82, 2.24) is 5.32 Å². The third kappa shape index (κ3) is 4.14. The van der Waals surface area contributed by atoms with E-state index in [9.17, 15) is 9.59 Å². The van der Waals surface area contributed by atoms with E-state index in [1.165, 1.54) is 26.2 Å². The van der Waals surface area contributed by atoms with Crippen LogP contribution >= 0.6 is 0 Å². The summed E-state index contributed by atoms with van der Waals surface area (Å²) in [5.74, 6) is 0.0111. The minimum atomic E-state index is -0.0689. The molecule has 1 aliphatic carbocycles. The van der Waals surface area contributed by atoms with Gasteiger partial charge in [-0.25, -0.2) is 0 Å². The summed E-state index contributed by atoms with van der Waals surface area (Å²) in [7, 11) is 1.94. The van der Waals surface area contributed by atoms with Gasteiger partial charge in [0.15, 0.2) is 5.78 Å². The maximum atomic E-state index is 12.3. The standard InChI is InChI=1S/C17H24N2O2/c1-13(20)14-7-6-8-15(11-14)19-16(21)12-17(18-2)9-4-3-5-10-17/h6-8,11,18H,3-5,9-10,12H2,1-2H3,(H,19,21). The lowest BCUT2D eigenvalue weighted by atomic mass is 9.79. The van der Waals surface area contributed by atoms with Crippen molar-refractivity contribution in [3.63, 3.8) is 0 Å². The van der Waals surface area contributed by atoms with E-state index in [4.69, 9.17) is 0 Å².